The number of hydrogen-bond donors (Lipinski definition) is 1. The van der Waals surface area contributed by atoms with Gasteiger partial charge >= 0.3 is 0 Å². The Hall–Kier alpha value is -2.40. The molecule has 0 bridgehead atoms. The van der Waals surface area contributed by atoms with Gasteiger partial charge in [0, 0.05) is 42.1 Å². The number of likely N-dealkylation sites (tertiary alicyclic amines) is 1. The first-order valence-electron chi connectivity index (χ1n) is 9.33. The van der Waals surface area contributed by atoms with E-state index in [1.807, 2.05) is 36.1 Å². The van der Waals surface area contributed by atoms with Crippen LogP contribution < -0.4 is 5.32 Å². The van der Waals surface area contributed by atoms with E-state index >= 15 is 0 Å². The van der Waals surface area contributed by atoms with Crippen LogP contribution in [0.3, 0.4) is 0 Å². The Bertz CT molecular complexity index is 789. The van der Waals surface area contributed by atoms with Gasteiger partial charge in [-0.3, -0.25) is 14.6 Å². The summed E-state index contributed by atoms with van der Waals surface area (Å²) < 4.78 is 0. The van der Waals surface area contributed by atoms with Gasteiger partial charge in [0.1, 0.15) is 0 Å². The Morgan fingerprint density at radius 1 is 1.22 bits per heavy atom. The maximum atomic E-state index is 13.0. The Balaban J connectivity index is 1.56. The van der Waals surface area contributed by atoms with E-state index in [2.05, 4.69) is 10.3 Å². The molecule has 6 heteroatoms. The maximum absolute atomic E-state index is 13.0. The summed E-state index contributed by atoms with van der Waals surface area (Å²) in [6, 6.07) is 11.0. The summed E-state index contributed by atoms with van der Waals surface area (Å²) in [5.74, 6) is -0.127. The highest BCUT2D eigenvalue weighted by Crippen LogP contribution is 2.26. The third kappa shape index (κ3) is 4.86. The van der Waals surface area contributed by atoms with E-state index in [0.717, 1.165) is 24.8 Å². The standard InChI is InChI=1S/C21H24ClN3O2/c1-2-19(16-4-3-5-17(22)14-16)21(27)25-12-8-18(9-13-25)24-20(26)15-6-10-23-11-7-15/h3-7,10-11,14,18-19H,2,8-9,12-13H2,1H3,(H,24,26). The number of aromatic nitrogens is 1. The number of rotatable bonds is 5. The Morgan fingerprint density at radius 3 is 2.56 bits per heavy atom. The van der Waals surface area contributed by atoms with Crippen LogP contribution in [0, 0.1) is 0 Å². The first-order valence-corrected chi connectivity index (χ1v) is 9.71. The van der Waals surface area contributed by atoms with Crippen LogP contribution in [0.5, 0.6) is 0 Å². The lowest BCUT2D eigenvalue weighted by molar-refractivity contribution is -0.134. The molecule has 1 unspecified atom stereocenters. The van der Waals surface area contributed by atoms with Crippen LogP contribution in [0.4, 0.5) is 0 Å². The third-order valence-electron chi connectivity index (χ3n) is 5.04. The van der Waals surface area contributed by atoms with Gasteiger partial charge in [0.25, 0.3) is 5.91 Å². The fourth-order valence-electron chi connectivity index (χ4n) is 3.51. The van der Waals surface area contributed by atoms with E-state index in [4.69, 9.17) is 11.6 Å². The second kappa shape index (κ2) is 9.00. The highest BCUT2D eigenvalue weighted by Gasteiger charge is 2.29. The van der Waals surface area contributed by atoms with E-state index in [-0.39, 0.29) is 23.8 Å². The van der Waals surface area contributed by atoms with Crippen molar-refractivity contribution in [3.8, 4) is 0 Å². The fourth-order valence-corrected chi connectivity index (χ4v) is 3.71. The zero-order valence-electron chi connectivity index (χ0n) is 15.4. The van der Waals surface area contributed by atoms with E-state index in [1.54, 1.807) is 24.5 Å². The summed E-state index contributed by atoms with van der Waals surface area (Å²) in [6.45, 7) is 3.32. The molecule has 0 spiro atoms. The molecule has 27 heavy (non-hydrogen) atoms. The SMILES string of the molecule is CCC(C(=O)N1CCC(NC(=O)c2ccncc2)CC1)c1cccc(Cl)c1. The van der Waals surface area contributed by atoms with Crippen molar-refractivity contribution in [3.05, 3.63) is 64.9 Å². The highest BCUT2D eigenvalue weighted by atomic mass is 35.5. The lowest BCUT2D eigenvalue weighted by Gasteiger charge is -2.34. The Morgan fingerprint density at radius 2 is 1.93 bits per heavy atom. The van der Waals surface area contributed by atoms with E-state index < -0.39 is 0 Å². The number of pyridine rings is 1. The molecule has 0 radical (unpaired) electrons. The molecule has 2 heterocycles. The van der Waals surface area contributed by atoms with Crippen molar-refractivity contribution >= 4 is 23.4 Å². The van der Waals surface area contributed by atoms with Gasteiger partial charge < -0.3 is 10.2 Å². The molecule has 0 saturated carbocycles. The van der Waals surface area contributed by atoms with Gasteiger partial charge in [-0.05, 0) is 49.1 Å². The second-order valence-corrected chi connectivity index (χ2v) is 7.26. The van der Waals surface area contributed by atoms with E-state index in [1.165, 1.54) is 0 Å². The molecule has 2 amide bonds. The van der Waals surface area contributed by atoms with Crippen molar-refractivity contribution in [1.29, 1.82) is 0 Å². The smallest absolute Gasteiger partial charge is 0.251 e. The first kappa shape index (κ1) is 19.4. The molecule has 1 N–H and O–H groups in total. The molecule has 1 aliphatic rings. The summed E-state index contributed by atoms with van der Waals surface area (Å²) in [7, 11) is 0. The monoisotopic (exact) mass is 385 g/mol. The van der Waals surface area contributed by atoms with Crippen LogP contribution in [0.25, 0.3) is 0 Å². The number of halogens is 1. The van der Waals surface area contributed by atoms with Crippen LogP contribution in [0.2, 0.25) is 5.02 Å². The molecule has 0 aliphatic carbocycles. The second-order valence-electron chi connectivity index (χ2n) is 6.82. The number of carbonyl (C=O) groups excluding carboxylic acids is 2. The van der Waals surface area contributed by atoms with E-state index in [0.29, 0.717) is 23.7 Å². The predicted octanol–water partition coefficient (Wildman–Crippen LogP) is 3.65. The number of carbonyl (C=O) groups is 2. The molecular weight excluding hydrogens is 362 g/mol. The minimum atomic E-state index is -0.174. The molecule has 1 aliphatic heterocycles. The molecular formula is C21H24ClN3O2. The van der Waals surface area contributed by atoms with Crippen molar-refractivity contribution in [3.63, 3.8) is 0 Å². The van der Waals surface area contributed by atoms with Crippen molar-refractivity contribution < 1.29 is 9.59 Å². The zero-order chi connectivity index (χ0) is 19.2. The number of nitrogens with zero attached hydrogens (tertiary/aromatic N) is 2. The zero-order valence-corrected chi connectivity index (χ0v) is 16.2. The lowest BCUT2D eigenvalue weighted by atomic mass is 9.93. The van der Waals surface area contributed by atoms with Crippen molar-refractivity contribution in [2.75, 3.05) is 13.1 Å². The van der Waals surface area contributed by atoms with Gasteiger partial charge in [-0.15, -0.1) is 0 Å². The number of amides is 2. The largest absolute Gasteiger partial charge is 0.349 e. The van der Waals surface area contributed by atoms with E-state index in [9.17, 15) is 9.59 Å². The van der Waals surface area contributed by atoms with Crippen LogP contribution in [0.15, 0.2) is 48.8 Å². The predicted molar refractivity (Wildman–Crippen MR) is 106 cm³/mol. The summed E-state index contributed by atoms with van der Waals surface area (Å²) in [5, 5.41) is 3.70. The summed E-state index contributed by atoms with van der Waals surface area (Å²) >= 11 is 6.09. The average molecular weight is 386 g/mol. The quantitative estimate of drug-likeness (QED) is 0.854. The normalized spacial score (nSPS) is 16.0. The number of hydrogen-bond acceptors (Lipinski definition) is 3. The van der Waals surface area contributed by atoms with Crippen molar-refractivity contribution in [2.24, 2.45) is 0 Å². The number of nitrogens with one attached hydrogen (secondary N) is 1. The van der Waals surface area contributed by atoms with Crippen LogP contribution in [-0.2, 0) is 4.79 Å². The molecule has 1 atom stereocenters. The molecule has 3 rings (SSSR count). The third-order valence-corrected chi connectivity index (χ3v) is 5.28. The average Bonchev–Trinajstić information content (AvgIpc) is 2.70. The fraction of sp³-hybridized carbons (Fsp3) is 0.381. The number of piperidine rings is 1. The summed E-state index contributed by atoms with van der Waals surface area (Å²) in [6.07, 6.45) is 5.47. The molecule has 1 fully saturated rings. The first-order chi connectivity index (χ1) is 13.1. The van der Waals surface area contributed by atoms with Gasteiger partial charge in [0.2, 0.25) is 5.91 Å². The molecule has 2 aromatic rings. The summed E-state index contributed by atoms with van der Waals surface area (Å²) in [5.41, 5.74) is 1.57. The van der Waals surface area contributed by atoms with Crippen LogP contribution >= 0.6 is 11.6 Å². The molecule has 1 saturated heterocycles. The molecule has 1 aromatic carbocycles. The van der Waals surface area contributed by atoms with Gasteiger partial charge in [0.15, 0.2) is 0 Å². The number of benzene rings is 1. The maximum Gasteiger partial charge on any atom is 0.251 e. The van der Waals surface area contributed by atoms with Crippen molar-refractivity contribution in [1.82, 2.24) is 15.2 Å². The van der Waals surface area contributed by atoms with Crippen LogP contribution in [0.1, 0.15) is 48.0 Å². The van der Waals surface area contributed by atoms with Crippen LogP contribution in [-0.4, -0.2) is 40.8 Å². The highest BCUT2D eigenvalue weighted by molar-refractivity contribution is 6.30. The summed E-state index contributed by atoms with van der Waals surface area (Å²) in [4.78, 5) is 31.1. The minimum Gasteiger partial charge on any atom is -0.349 e. The van der Waals surface area contributed by atoms with Gasteiger partial charge in [-0.2, -0.15) is 0 Å². The Labute approximate surface area is 164 Å². The topological polar surface area (TPSA) is 62.3 Å². The lowest BCUT2D eigenvalue weighted by Crippen LogP contribution is -2.47. The Kier molecular flexibility index (Phi) is 6.45. The van der Waals surface area contributed by atoms with Gasteiger partial charge in [0.05, 0.1) is 5.92 Å². The molecule has 142 valence electrons. The molecule has 5 nitrogen and oxygen atoms in total. The van der Waals surface area contributed by atoms with Gasteiger partial charge in [-0.1, -0.05) is 30.7 Å². The minimum absolute atomic E-state index is 0.0842. The molecule has 1 aromatic heterocycles. The van der Waals surface area contributed by atoms with Gasteiger partial charge in [-0.25, -0.2) is 0 Å². The van der Waals surface area contributed by atoms with Crippen molar-refractivity contribution in [2.45, 2.75) is 38.1 Å².